The van der Waals surface area contributed by atoms with Crippen LogP contribution in [0.5, 0.6) is 0 Å². The molecular weight excluding hydrogens is 258 g/mol. The van der Waals surface area contributed by atoms with Crippen LogP contribution in [-0.4, -0.2) is 36.7 Å². The van der Waals surface area contributed by atoms with Crippen LogP contribution in [0.15, 0.2) is 30.5 Å². The third-order valence-corrected chi connectivity index (χ3v) is 3.27. The van der Waals surface area contributed by atoms with Gasteiger partial charge in [-0.25, -0.2) is 0 Å². The normalized spacial score (nSPS) is 12.5. The van der Waals surface area contributed by atoms with Crippen molar-refractivity contribution in [3.8, 4) is 0 Å². The molecule has 1 heterocycles. The van der Waals surface area contributed by atoms with Gasteiger partial charge in [0, 0.05) is 24.9 Å². The molecule has 0 fully saturated rings. The first-order valence-electron chi connectivity index (χ1n) is 6.34. The zero-order chi connectivity index (χ0) is 14.5. The van der Waals surface area contributed by atoms with Crippen LogP contribution in [0.1, 0.15) is 5.56 Å². The van der Waals surface area contributed by atoms with Crippen LogP contribution < -0.4 is 5.32 Å². The molecule has 6 nitrogen and oxygen atoms in total. The quantitative estimate of drug-likeness (QED) is 0.643. The molecule has 6 heteroatoms. The van der Waals surface area contributed by atoms with E-state index >= 15 is 0 Å². The largest absolute Gasteiger partial charge is 0.383 e. The zero-order valence-electron chi connectivity index (χ0n) is 11.5. The smallest absolute Gasteiger partial charge is 0.281 e. The Kier molecular flexibility index (Phi) is 4.60. The molecule has 0 radical (unpaired) electrons. The van der Waals surface area contributed by atoms with Gasteiger partial charge in [-0.3, -0.25) is 15.1 Å². The Hall–Kier alpha value is -2.05. The summed E-state index contributed by atoms with van der Waals surface area (Å²) in [6.45, 7) is 0.499. The number of hydrogen-bond donors (Lipinski definition) is 1. The maximum absolute atomic E-state index is 11.4. The van der Waals surface area contributed by atoms with E-state index in [1.807, 2.05) is 13.1 Å². The summed E-state index contributed by atoms with van der Waals surface area (Å²) in [7, 11) is 3.43. The minimum Gasteiger partial charge on any atom is -0.383 e. The second-order valence-corrected chi connectivity index (χ2v) is 4.55. The average molecular weight is 275 g/mol. The van der Waals surface area contributed by atoms with E-state index in [0.29, 0.717) is 29.5 Å². The number of aromatic nitrogens is 1. The van der Waals surface area contributed by atoms with E-state index in [-0.39, 0.29) is 16.7 Å². The van der Waals surface area contributed by atoms with E-state index in [2.05, 4.69) is 10.3 Å². The molecule has 1 aromatic heterocycles. The first-order chi connectivity index (χ1) is 9.67. The number of nitro benzene ring substituents is 1. The fraction of sp³-hybridized carbons (Fsp3) is 0.357. The van der Waals surface area contributed by atoms with E-state index in [0.717, 1.165) is 0 Å². The fourth-order valence-corrected chi connectivity index (χ4v) is 2.27. The number of rotatable bonds is 6. The van der Waals surface area contributed by atoms with Crippen LogP contribution in [0.25, 0.3) is 10.9 Å². The number of methoxy groups -OCH3 is 1. The molecule has 1 aromatic carbocycles. The Balaban J connectivity index is 2.47. The zero-order valence-corrected chi connectivity index (χ0v) is 11.5. The van der Waals surface area contributed by atoms with Crippen molar-refractivity contribution in [2.24, 2.45) is 0 Å². The Bertz CT molecular complexity index is 616. The number of benzene rings is 1. The first-order valence-corrected chi connectivity index (χ1v) is 6.34. The standard InChI is InChI=1S/C14H17N3O3/c1-15-11(9-20-2)8-10-5-6-13-12(4-3-7-16-13)14(10)17(18)19/h3-7,11,15H,8-9H2,1-2H3. The number of nitrogens with one attached hydrogen (secondary N) is 1. The fourth-order valence-electron chi connectivity index (χ4n) is 2.27. The second kappa shape index (κ2) is 6.40. The lowest BCUT2D eigenvalue weighted by atomic mass is 10.0. The number of nitrogens with zero attached hydrogens (tertiary/aromatic N) is 2. The lowest BCUT2D eigenvalue weighted by molar-refractivity contribution is -0.383. The van der Waals surface area contributed by atoms with E-state index in [1.54, 1.807) is 31.5 Å². The molecule has 0 spiro atoms. The molecule has 0 amide bonds. The summed E-state index contributed by atoms with van der Waals surface area (Å²) < 4.78 is 5.11. The highest BCUT2D eigenvalue weighted by Crippen LogP contribution is 2.29. The maximum Gasteiger partial charge on any atom is 0.281 e. The summed E-state index contributed by atoms with van der Waals surface area (Å²) in [5, 5.41) is 15.1. The van der Waals surface area contributed by atoms with Crippen molar-refractivity contribution in [2.45, 2.75) is 12.5 Å². The minimum absolute atomic E-state index is 0.0350. The van der Waals surface area contributed by atoms with Gasteiger partial charge in [0.2, 0.25) is 0 Å². The molecule has 2 aromatic rings. The van der Waals surface area contributed by atoms with Crippen LogP contribution >= 0.6 is 0 Å². The molecule has 106 valence electrons. The van der Waals surface area contributed by atoms with Crippen LogP contribution in [0.4, 0.5) is 5.69 Å². The summed E-state index contributed by atoms with van der Waals surface area (Å²) in [5.74, 6) is 0. The molecule has 1 unspecified atom stereocenters. The van der Waals surface area contributed by atoms with Gasteiger partial charge in [0.05, 0.1) is 22.4 Å². The number of ether oxygens (including phenoxy) is 1. The molecule has 2 rings (SSSR count). The molecule has 1 N–H and O–H groups in total. The molecule has 0 aliphatic carbocycles. The van der Waals surface area contributed by atoms with E-state index in [4.69, 9.17) is 4.74 Å². The lowest BCUT2D eigenvalue weighted by Gasteiger charge is -2.15. The predicted molar refractivity (Wildman–Crippen MR) is 76.8 cm³/mol. The monoisotopic (exact) mass is 275 g/mol. The predicted octanol–water partition coefficient (Wildman–Crippen LogP) is 1.92. The highest BCUT2D eigenvalue weighted by molar-refractivity contribution is 5.89. The van der Waals surface area contributed by atoms with Gasteiger partial charge in [-0.05, 0) is 37.7 Å². The van der Waals surface area contributed by atoms with Gasteiger partial charge < -0.3 is 10.1 Å². The van der Waals surface area contributed by atoms with Crippen molar-refractivity contribution >= 4 is 16.6 Å². The summed E-state index contributed by atoms with van der Waals surface area (Å²) in [6.07, 6.45) is 2.17. The third kappa shape index (κ3) is 2.92. The van der Waals surface area contributed by atoms with Crippen molar-refractivity contribution in [2.75, 3.05) is 20.8 Å². The molecule has 0 bridgehead atoms. The average Bonchev–Trinajstić information content (AvgIpc) is 2.46. The Morgan fingerprint density at radius 2 is 2.25 bits per heavy atom. The molecule has 0 aliphatic rings. The van der Waals surface area contributed by atoms with Crippen LogP contribution in [-0.2, 0) is 11.2 Å². The first kappa shape index (κ1) is 14.4. The number of pyridine rings is 1. The minimum atomic E-state index is -0.334. The Morgan fingerprint density at radius 3 is 2.90 bits per heavy atom. The van der Waals surface area contributed by atoms with Crippen LogP contribution in [0.2, 0.25) is 0 Å². The van der Waals surface area contributed by atoms with Gasteiger partial charge in [-0.2, -0.15) is 0 Å². The van der Waals surface area contributed by atoms with Crippen molar-refractivity contribution < 1.29 is 9.66 Å². The van der Waals surface area contributed by atoms with Gasteiger partial charge in [0.1, 0.15) is 0 Å². The van der Waals surface area contributed by atoms with Crippen molar-refractivity contribution in [3.63, 3.8) is 0 Å². The van der Waals surface area contributed by atoms with E-state index < -0.39 is 0 Å². The summed E-state index contributed by atoms with van der Waals surface area (Å²) in [4.78, 5) is 15.2. The number of nitro groups is 1. The van der Waals surface area contributed by atoms with Crippen molar-refractivity contribution in [1.82, 2.24) is 10.3 Å². The molecular formula is C14H17N3O3. The van der Waals surface area contributed by atoms with Gasteiger partial charge >= 0.3 is 0 Å². The van der Waals surface area contributed by atoms with E-state index in [9.17, 15) is 10.1 Å². The highest BCUT2D eigenvalue weighted by atomic mass is 16.6. The summed E-state index contributed by atoms with van der Waals surface area (Å²) in [6, 6.07) is 7.07. The number of likely N-dealkylation sites (N-methyl/N-ethyl adjacent to an activating group) is 1. The van der Waals surface area contributed by atoms with Gasteiger partial charge in [0.15, 0.2) is 0 Å². The molecule has 0 saturated heterocycles. The van der Waals surface area contributed by atoms with Crippen LogP contribution in [0, 0.1) is 10.1 Å². The second-order valence-electron chi connectivity index (χ2n) is 4.55. The van der Waals surface area contributed by atoms with Gasteiger partial charge in [-0.1, -0.05) is 0 Å². The maximum atomic E-state index is 11.4. The Labute approximate surface area is 116 Å². The van der Waals surface area contributed by atoms with Crippen molar-refractivity contribution in [1.29, 1.82) is 0 Å². The number of fused-ring (bicyclic) bond motifs is 1. The molecule has 0 saturated carbocycles. The lowest BCUT2D eigenvalue weighted by Crippen LogP contribution is -2.32. The van der Waals surface area contributed by atoms with Gasteiger partial charge in [-0.15, -0.1) is 0 Å². The van der Waals surface area contributed by atoms with Crippen molar-refractivity contribution in [3.05, 3.63) is 46.1 Å². The Morgan fingerprint density at radius 1 is 1.45 bits per heavy atom. The topological polar surface area (TPSA) is 77.3 Å². The van der Waals surface area contributed by atoms with E-state index in [1.165, 1.54) is 0 Å². The molecule has 20 heavy (non-hydrogen) atoms. The summed E-state index contributed by atoms with van der Waals surface area (Å²) in [5.41, 5.74) is 1.45. The number of hydrogen-bond acceptors (Lipinski definition) is 5. The van der Waals surface area contributed by atoms with Crippen LogP contribution in [0.3, 0.4) is 0 Å². The summed E-state index contributed by atoms with van der Waals surface area (Å²) >= 11 is 0. The third-order valence-electron chi connectivity index (χ3n) is 3.27. The molecule has 0 aliphatic heterocycles. The SMILES string of the molecule is CNC(COC)Cc1ccc2ncccc2c1[N+](=O)[O-]. The molecule has 1 atom stereocenters. The highest BCUT2D eigenvalue weighted by Gasteiger charge is 2.21. The van der Waals surface area contributed by atoms with Gasteiger partial charge in [0.25, 0.3) is 5.69 Å².